The first-order valence-corrected chi connectivity index (χ1v) is 8.31. The molecule has 0 saturated carbocycles. The molecule has 3 heterocycles. The van der Waals surface area contributed by atoms with Gasteiger partial charge in [0.15, 0.2) is 0 Å². The fourth-order valence-electron chi connectivity index (χ4n) is 2.57. The monoisotopic (exact) mass is 331 g/mol. The summed E-state index contributed by atoms with van der Waals surface area (Å²) < 4.78 is 5.10. The second-order valence-corrected chi connectivity index (χ2v) is 6.37. The number of furan rings is 1. The van der Waals surface area contributed by atoms with Gasteiger partial charge in [0.05, 0.1) is 12.5 Å². The Hall–Kier alpha value is -2.28. The number of rotatable bonds is 4. The molecule has 1 aliphatic rings. The van der Waals surface area contributed by atoms with E-state index in [-0.39, 0.29) is 17.2 Å². The predicted octanol–water partition coefficient (Wildman–Crippen LogP) is 1.95. The van der Waals surface area contributed by atoms with Crippen molar-refractivity contribution in [1.29, 1.82) is 0 Å². The minimum atomic E-state index is -0.473. The van der Waals surface area contributed by atoms with E-state index in [1.807, 2.05) is 18.2 Å². The maximum atomic E-state index is 12.5. The van der Waals surface area contributed by atoms with E-state index in [1.165, 1.54) is 6.92 Å². The normalized spacial score (nSPS) is 20.5. The number of nitrogens with zero attached hydrogens (tertiary/aromatic N) is 2. The molecule has 0 bridgehead atoms. The van der Waals surface area contributed by atoms with Gasteiger partial charge in [-0.2, -0.15) is 0 Å². The average Bonchev–Trinajstić information content (AvgIpc) is 3.22. The lowest BCUT2D eigenvalue weighted by atomic mass is 10.2. The van der Waals surface area contributed by atoms with Crippen molar-refractivity contribution >= 4 is 23.6 Å². The molecule has 120 valence electrons. The Morgan fingerprint density at radius 1 is 1.39 bits per heavy atom. The molecule has 2 unspecified atom stereocenters. The lowest BCUT2D eigenvalue weighted by Crippen LogP contribution is -2.47. The molecular formula is C16H17N3O3S. The zero-order chi connectivity index (χ0) is 16.2. The van der Waals surface area contributed by atoms with Crippen LogP contribution in [0, 0.1) is 0 Å². The quantitative estimate of drug-likeness (QED) is 0.927. The van der Waals surface area contributed by atoms with E-state index < -0.39 is 6.04 Å². The van der Waals surface area contributed by atoms with Gasteiger partial charge in [-0.25, -0.2) is 0 Å². The molecule has 0 aromatic carbocycles. The van der Waals surface area contributed by atoms with Crippen LogP contribution in [0.2, 0.25) is 0 Å². The van der Waals surface area contributed by atoms with E-state index in [2.05, 4.69) is 10.3 Å². The zero-order valence-electron chi connectivity index (χ0n) is 12.6. The molecule has 1 saturated heterocycles. The van der Waals surface area contributed by atoms with Gasteiger partial charge in [0.2, 0.25) is 11.8 Å². The van der Waals surface area contributed by atoms with Crippen LogP contribution in [0.5, 0.6) is 0 Å². The Labute approximate surface area is 138 Å². The zero-order valence-corrected chi connectivity index (χ0v) is 13.5. The molecule has 6 nitrogen and oxygen atoms in total. The molecular weight excluding hydrogens is 314 g/mol. The Balaban J connectivity index is 1.69. The minimum absolute atomic E-state index is 0.120. The molecule has 1 aliphatic heterocycles. The Bertz CT molecular complexity index is 675. The van der Waals surface area contributed by atoms with Gasteiger partial charge in [-0.3, -0.25) is 14.6 Å². The van der Waals surface area contributed by atoms with E-state index in [4.69, 9.17) is 4.42 Å². The number of hydrogen-bond donors (Lipinski definition) is 1. The van der Waals surface area contributed by atoms with Crippen LogP contribution in [0.1, 0.15) is 23.4 Å². The number of thioether (sulfide) groups is 1. The van der Waals surface area contributed by atoms with Gasteiger partial charge in [0.1, 0.15) is 11.4 Å². The number of aromatic nitrogens is 1. The predicted molar refractivity (Wildman–Crippen MR) is 86.3 cm³/mol. The van der Waals surface area contributed by atoms with Crippen LogP contribution >= 0.6 is 11.8 Å². The molecule has 23 heavy (non-hydrogen) atoms. The fraction of sp³-hybridized carbons (Fsp3) is 0.312. The largest absolute Gasteiger partial charge is 0.472 e. The number of carbonyl (C=O) groups excluding carboxylic acids is 2. The third-order valence-electron chi connectivity index (χ3n) is 3.71. The highest BCUT2D eigenvalue weighted by atomic mass is 32.2. The van der Waals surface area contributed by atoms with Gasteiger partial charge >= 0.3 is 0 Å². The highest BCUT2D eigenvalue weighted by molar-refractivity contribution is 7.99. The first kappa shape index (κ1) is 15.6. The van der Waals surface area contributed by atoms with Crippen molar-refractivity contribution in [2.24, 2.45) is 0 Å². The molecule has 2 aromatic rings. The summed E-state index contributed by atoms with van der Waals surface area (Å²) in [4.78, 5) is 30.1. The van der Waals surface area contributed by atoms with Gasteiger partial charge in [0, 0.05) is 37.2 Å². The van der Waals surface area contributed by atoms with Crippen LogP contribution in [-0.2, 0) is 16.1 Å². The van der Waals surface area contributed by atoms with Gasteiger partial charge in [0.25, 0.3) is 0 Å². The third-order valence-corrected chi connectivity index (χ3v) is 5.03. The van der Waals surface area contributed by atoms with Gasteiger partial charge in [-0.05, 0) is 23.8 Å². The van der Waals surface area contributed by atoms with E-state index in [0.717, 1.165) is 11.1 Å². The van der Waals surface area contributed by atoms with E-state index >= 15 is 0 Å². The van der Waals surface area contributed by atoms with Crippen molar-refractivity contribution in [3.63, 3.8) is 0 Å². The number of nitrogens with one attached hydrogen (secondary N) is 1. The Morgan fingerprint density at radius 3 is 2.83 bits per heavy atom. The molecule has 2 amide bonds. The highest BCUT2D eigenvalue weighted by Crippen LogP contribution is 2.41. The summed E-state index contributed by atoms with van der Waals surface area (Å²) in [5.41, 5.74) is 1.87. The third kappa shape index (κ3) is 3.39. The van der Waals surface area contributed by atoms with Crippen molar-refractivity contribution in [1.82, 2.24) is 15.2 Å². The number of hydrogen-bond acceptors (Lipinski definition) is 5. The standard InChI is InChI=1S/C16H17N3O3S/c1-11(20)19-14(10-23-16(19)13-4-7-22-9-13)15(21)18-8-12-2-5-17-6-3-12/h2-7,9,14,16H,8,10H2,1H3,(H,18,21). The summed E-state index contributed by atoms with van der Waals surface area (Å²) in [7, 11) is 0. The Morgan fingerprint density at radius 2 is 2.17 bits per heavy atom. The van der Waals surface area contributed by atoms with Gasteiger partial charge in [-0.15, -0.1) is 11.8 Å². The smallest absolute Gasteiger partial charge is 0.243 e. The summed E-state index contributed by atoms with van der Waals surface area (Å²) >= 11 is 1.57. The van der Waals surface area contributed by atoms with Gasteiger partial charge < -0.3 is 14.6 Å². The van der Waals surface area contributed by atoms with Crippen LogP contribution in [0.25, 0.3) is 0 Å². The van der Waals surface area contributed by atoms with Crippen LogP contribution in [-0.4, -0.2) is 33.5 Å². The van der Waals surface area contributed by atoms with Crippen molar-refractivity contribution in [3.05, 3.63) is 54.2 Å². The first-order valence-electron chi connectivity index (χ1n) is 7.26. The average molecular weight is 331 g/mol. The lowest BCUT2D eigenvalue weighted by Gasteiger charge is -2.27. The van der Waals surface area contributed by atoms with Crippen molar-refractivity contribution in [2.75, 3.05) is 5.75 Å². The summed E-state index contributed by atoms with van der Waals surface area (Å²) in [6.07, 6.45) is 6.56. The SMILES string of the molecule is CC(=O)N1C(C(=O)NCc2ccncc2)CSC1c1ccoc1. The van der Waals surface area contributed by atoms with Crippen molar-refractivity contribution in [3.8, 4) is 0 Å². The Kier molecular flexibility index (Phi) is 4.66. The topological polar surface area (TPSA) is 75.4 Å². The van der Waals surface area contributed by atoms with Crippen LogP contribution in [0.4, 0.5) is 0 Å². The first-order chi connectivity index (χ1) is 11.2. The minimum Gasteiger partial charge on any atom is -0.472 e. The molecule has 0 spiro atoms. The molecule has 3 rings (SSSR count). The number of carbonyl (C=O) groups is 2. The molecule has 2 aromatic heterocycles. The number of pyridine rings is 1. The van der Waals surface area contributed by atoms with E-state index in [9.17, 15) is 9.59 Å². The molecule has 7 heteroatoms. The van der Waals surface area contributed by atoms with Gasteiger partial charge in [-0.1, -0.05) is 0 Å². The lowest BCUT2D eigenvalue weighted by molar-refractivity contribution is -0.138. The highest BCUT2D eigenvalue weighted by Gasteiger charge is 2.41. The summed E-state index contributed by atoms with van der Waals surface area (Å²) in [6.45, 7) is 1.91. The number of amides is 2. The van der Waals surface area contributed by atoms with Crippen LogP contribution in [0.15, 0.2) is 47.5 Å². The van der Waals surface area contributed by atoms with Crippen molar-refractivity contribution in [2.45, 2.75) is 24.9 Å². The van der Waals surface area contributed by atoms with Crippen molar-refractivity contribution < 1.29 is 14.0 Å². The molecule has 2 atom stereocenters. The summed E-state index contributed by atoms with van der Waals surface area (Å²) in [5.74, 6) is 0.304. The molecule has 0 aliphatic carbocycles. The van der Waals surface area contributed by atoms with E-state index in [1.54, 1.807) is 41.6 Å². The van der Waals surface area contributed by atoms with E-state index in [0.29, 0.717) is 12.3 Å². The van der Waals surface area contributed by atoms with Crippen LogP contribution < -0.4 is 5.32 Å². The van der Waals surface area contributed by atoms with Crippen LogP contribution in [0.3, 0.4) is 0 Å². The second-order valence-electron chi connectivity index (χ2n) is 5.26. The maximum Gasteiger partial charge on any atom is 0.243 e. The molecule has 0 radical (unpaired) electrons. The second kappa shape index (κ2) is 6.87. The molecule has 1 fully saturated rings. The fourth-order valence-corrected chi connectivity index (χ4v) is 4.03. The maximum absolute atomic E-state index is 12.5. The molecule has 1 N–H and O–H groups in total. The summed E-state index contributed by atoms with van der Waals surface area (Å²) in [6, 6.07) is 5.05. The summed E-state index contributed by atoms with van der Waals surface area (Å²) in [5, 5.41) is 2.72.